The molecule has 150 valence electrons. The van der Waals surface area contributed by atoms with Crippen LogP contribution in [-0.4, -0.2) is 54.2 Å². The van der Waals surface area contributed by atoms with Gasteiger partial charge in [0.15, 0.2) is 11.5 Å². The molecular weight excluding hydrogens is 376 g/mol. The topological polar surface area (TPSA) is 105 Å². The number of nitrogens with zero attached hydrogens (tertiary/aromatic N) is 1. The molecule has 0 saturated carbocycles. The zero-order valence-electron chi connectivity index (χ0n) is 15.5. The van der Waals surface area contributed by atoms with Gasteiger partial charge in [-0.3, -0.25) is 14.4 Å². The van der Waals surface area contributed by atoms with Crippen molar-refractivity contribution >= 4 is 17.8 Å². The highest BCUT2D eigenvalue weighted by Gasteiger charge is 2.40. The molecule has 2 aromatic carbocycles. The molecule has 4 rings (SSSR count). The van der Waals surface area contributed by atoms with Crippen LogP contribution in [0.2, 0.25) is 0 Å². The van der Waals surface area contributed by atoms with E-state index in [1.54, 1.807) is 18.2 Å². The Morgan fingerprint density at radius 1 is 1.03 bits per heavy atom. The number of aliphatic carboxylic acids is 1. The maximum Gasteiger partial charge on any atom is 0.308 e. The first-order chi connectivity index (χ1) is 14.0. The van der Waals surface area contributed by atoms with Gasteiger partial charge in [-0.15, -0.1) is 0 Å². The number of hydrogen-bond donors (Lipinski definition) is 2. The third-order valence-corrected chi connectivity index (χ3v) is 5.25. The minimum Gasteiger partial charge on any atom is -0.481 e. The Balaban J connectivity index is 1.38. The SMILES string of the molecule is O=C(NCC(=O)N1C[C@H](c2ccccc2)[C@H](C(=O)O)C1)c1ccc2c(c1)OCO2. The minimum atomic E-state index is -0.932. The van der Waals surface area contributed by atoms with Crippen molar-refractivity contribution in [1.82, 2.24) is 10.2 Å². The first-order valence-corrected chi connectivity index (χ1v) is 9.26. The third kappa shape index (κ3) is 3.87. The Morgan fingerprint density at radius 3 is 2.55 bits per heavy atom. The molecule has 2 heterocycles. The second-order valence-corrected chi connectivity index (χ2v) is 7.01. The minimum absolute atomic E-state index is 0.112. The standard InChI is InChI=1S/C21H20N2O6/c24-19(9-22-20(25)14-6-7-17-18(8-14)29-12-28-17)23-10-15(16(11-23)21(26)27)13-4-2-1-3-5-13/h1-8,15-16H,9-12H2,(H,22,25)(H,26,27)/t15-,16-/m1/s1. The van der Waals surface area contributed by atoms with E-state index in [9.17, 15) is 19.5 Å². The van der Waals surface area contributed by atoms with E-state index in [2.05, 4.69) is 5.32 Å². The number of carboxylic acids is 1. The zero-order valence-corrected chi connectivity index (χ0v) is 15.5. The van der Waals surface area contributed by atoms with Crippen LogP contribution in [-0.2, 0) is 9.59 Å². The zero-order chi connectivity index (χ0) is 20.4. The monoisotopic (exact) mass is 396 g/mol. The van der Waals surface area contributed by atoms with E-state index in [1.165, 1.54) is 4.90 Å². The molecule has 2 aliphatic rings. The molecule has 0 aromatic heterocycles. The third-order valence-electron chi connectivity index (χ3n) is 5.25. The van der Waals surface area contributed by atoms with Gasteiger partial charge in [-0.2, -0.15) is 0 Å². The van der Waals surface area contributed by atoms with E-state index in [1.807, 2.05) is 30.3 Å². The Kier molecular flexibility index (Phi) is 5.07. The number of nitrogens with one attached hydrogen (secondary N) is 1. The predicted octanol–water partition coefficient (Wildman–Crippen LogP) is 1.47. The smallest absolute Gasteiger partial charge is 0.308 e. The summed E-state index contributed by atoms with van der Waals surface area (Å²) in [4.78, 5) is 38.1. The van der Waals surface area contributed by atoms with Gasteiger partial charge in [-0.05, 0) is 23.8 Å². The van der Waals surface area contributed by atoms with Crippen molar-refractivity contribution in [3.63, 3.8) is 0 Å². The van der Waals surface area contributed by atoms with Crippen molar-refractivity contribution in [3.8, 4) is 11.5 Å². The van der Waals surface area contributed by atoms with E-state index in [-0.39, 0.29) is 31.7 Å². The van der Waals surface area contributed by atoms with Gasteiger partial charge < -0.3 is 24.8 Å². The van der Waals surface area contributed by atoms with Gasteiger partial charge in [0.1, 0.15) is 0 Å². The summed E-state index contributed by atoms with van der Waals surface area (Å²) < 4.78 is 10.5. The van der Waals surface area contributed by atoms with Crippen LogP contribution in [0.15, 0.2) is 48.5 Å². The largest absolute Gasteiger partial charge is 0.481 e. The van der Waals surface area contributed by atoms with Crippen LogP contribution in [0, 0.1) is 5.92 Å². The normalized spacial score (nSPS) is 19.8. The summed E-state index contributed by atoms with van der Waals surface area (Å²) in [5.74, 6) is -1.56. The van der Waals surface area contributed by atoms with E-state index < -0.39 is 17.8 Å². The summed E-state index contributed by atoms with van der Waals surface area (Å²) in [6.45, 7) is 0.329. The van der Waals surface area contributed by atoms with Crippen molar-refractivity contribution < 1.29 is 29.0 Å². The fraction of sp³-hybridized carbons (Fsp3) is 0.286. The van der Waals surface area contributed by atoms with Crippen LogP contribution < -0.4 is 14.8 Å². The molecule has 0 aliphatic carbocycles. The van der Waals surface area contributed by atoms with Crippen molar-refractivity contribution in [1.29, 1.82) is 0 Å². The van der Waals surface area contributed by atoms with Gasteiger partial charge in [0, 0.05) is 24.6 Å². The number of ether oxygens (including phenoxy) is 2. The highest BCUT2D eigenvalue weighted by Crippen LogP contribution is 2.33. The summed E-state index contributed by atoms with van der Waals surface area (Å²) in [5.41, 5.74) is 1.24. The molecule has 2 aromatic rings. The lowest BCUT2D eigenvalue weighted by Crippen LogP contribution is -2.39. The molecule has 1 fully saturated rings. The highest BCUT2D eigenvalue weighted by atomic mass is 16.7. The lowest BCUT2D eigenvalue weighted by molar-refractivity contribution is -0.141. The second kappa shape index (κ2) is 7.83. The Bertz CT molecular complexity index is 945. The van der Waals surface area contributed by atoms with Crippen molar-refractivity contribution in [2.45, 2.75) is 5.92 Å². The first kappa shape index (κ1) is 18.8. The fourth-order valence-corrected chi connectivity index (χ4v) is 3.70. The van der Waals surface area contributed by atoms with Gasteiger partial charge in [0.25, 0.3) is 5.91 Å². The molecule has 0 bridgehead atoms. The molecule has 1 saturated heterocycles. The number of carbonyl (C=O) groups is 3. The van der Waals surface area contributed by atoms with Gasteiger partial charge in [0.05, 0.1) is 12.5 Å². The van der Waals surface area contributed by atoms with Crippen LogP contribution in [0.4, 0.5) is 0 Å². The first-order valence-electron chi connectivity index (χ1n) is 9.26. The molecule has 0 unspecified atom stereocenters. The van der Waals surface area contributed by atoms with Gasteiger partial charge >= 0.3 is 5.97 Å². The Labute approximate surface area is 167 Å². The number of fused-ring (bicyclic) bond motifs is 1. The highest BCUT2D eigenvalue weighted by molar-refractivity contribution is 5.97. The maximum atomic E-state index is 12.6. The van der Waals surface area contributed by atoms with Crippen LogP contribution in [0.1, 0.15) is 21.8 Å². The predicted molar refractivity (Wildman–Crippen MR) is 102 cm³/mol. The van der Waals surface area contributed by atoms with Gasteiger partial charge in [-0.25, -0.2) is 0 Å². The van der Waals surface area contributed by atoms with Gasteiger partial charge in [0.2, 0.25) is 12.7 Å². The molecule has 29 heavy (non-hydrogen) atoms. The summed E-state index contributed by atoms with van der Waals surface area (Å²) in [6, 6.07) is 14.1. The van der Waals surface area contributed by atoms with Crippen LogP contribution >= 0.6 is 0 Å². The Morgan fingerprint density at radius 2 is 1.79 bits per heavy atom. The fourth-order valence-electron chi connectivity index (χ4n) is 3.70. The lowest BCUT2D eigenvalue weighted by atomic mass is 9.89. The van der Waals surface area contributed by atoms with E-state index in [0.717, 1.165) is 5.56 Å². The average molecular weight is 396 g/mol. The van der Waals surface area contributed by atoms with Crippen molar-refractivity contribution in [3.05, 3.63) is 59.7 Å². The number of likely N-dealkylation sites (tertiary alicyclic amines) is 1. The number of benzene rings is 2. The number of carboxylic acid groups (broad SMARTS) is 1. The molecule has 8 heteroatoms. The Hall–Kier alpha value is -3.55. The maximum absolute atomic E-state index is 12.6. The van der Waals surface area contributed by atoms with Gasteiger partial charge in [-0.1, -0.05) is 30.3 Å². The molecule has 2 amide bonds. The summed E-state index contributed by atoms with van der Waals surface area (Å²) in [6.07, 6.45) is 0. The molecule has 2 aliphatic heterocycles. The number of rotatable bonds is 5. The van der Waals surface area contributed by atoms with Crippen molar-refractivity contribution in [2.75, 3.05) is 26.4 Å². The molecular formula is C21H20N2O6. The average Bonchev–Trinajstić information content (AvgIpc) is 3.39. The molecule has 2 N–H and O–H groups in total. The quantitative estimate of drug-likeness (QED) is 0.793. The summed E-state index contributed by atoms with van der Waals surface area (Å²) in [7, 11) is 0. The number of hydrogen-bond acceptors (Lipinski definition) is 5. The lowest BCUT2D eigenvalue weighted by Gasteiger charge is -2.17. The number of carbonyl (C=O) groups excluding carboxylic acids is 2. The van der Waals surface area contributed by atoms with Crippen molar-refractivity contribution in [2.24, 2.45) is 5.92 Å². The van der Waals surface area contributed by atoms with E-state index >= 15 is 0 Å². The number of amides is 2. The molecule has 0 radical (unpaired) electrons. The second-order valence-electron chi connectivity index (χ2n) is 7.01. The summed E-state index contributed by atoms with van der Waals surface area (Å²) >= 11 is 0. The molecule has 0 spiro atoms. The molecule has 2 atom stereocenters. The molecule has 8 nitrogen and oxygen atoms in total. The van der Waals surface area contributed by atoms with Crippen LogP contribution in [0.5, 0.6) is 11.5 Å². The van der Waals surface area contributed by atoms with Crippen LogP contribution in [0.25, 0.3) is 0 Å². The summed E-state index contributed by atoms with van der Waals surface area (Å²) in [5, 5.41) is 12.1. The van der Waals surface area contributed by atoms with E-state index in [4.69, 9.17) is 9.47 Å². The van der Waals surface area contributed by atoms with E-state index in [0.29, 0.717) is 23.6 Å². The van der Waals surface area contributed by atoms with Crippen LogP contribution in [0.3, 0.4) is 0 Å².